The summed E-state index contributed by atoms with van der Waals surface area (Å²) in [4.78, 5) is 36.5. The van der Waals surface area contributed by atoms with Crippen molar-refractivity contribution < 1.29 is 19.6 Å². The molecule has 0 spiro atoms. The number of carboxylic acids is 1. The van der Waals surface area contributed by atoms with Crippen molar-refractivity contribution >= 4 is 29.2 Å². The molecule has 108 valence electrons. The topological polar surface area (TPSA) is 122 Å². The van der Waals surface area contributed by atoms with Crippen molar-refractivity contribution in [2.24, 2.45) is 5.92 Å². The number of pyridine rings is 1. The predicted octanol–water partition coefficient (Wildman–Crippen LogP) is 1.48. The highest BCUT2D eigenvalue weighted by atomic mass is 35.5. The molecule has 0 saturated heterocycles. The Hall–Kier alpha value is -2.22. The molecule has 1 aromatic heterocycles. The van der Waals surface area contributed by atoms with E-state index < -0.39 is 28.5 Å². The maximum atomic E-state index is 12.0. The Labute approximate surface area is 118 Å². The molecule has 1 rings (SSSR count). The first kappa shape index (κ1) is 15.8. The summed E-state index contributed by atoms with van der Waals surface area (Å²) in [7, 11) is 0. The van der Waals surface area contributed by atoms with Crippen LogP contribution in [-0.4, -0.2) is 32.9 Å². The van der Waals surface area contributed by atoms with Gasteiger partial charge in [-0.05, 0) is 12.0 Å². The summed E-state index contributed by atoms with van der Waals surface area (Å²) in [6.45, 7) is 3.21. The predicted molar refractivity (Wildman–Crippen MR) is 69.6 cm³/mol. The fourth-order valence-electron chi connectivity index (χ4n) is 1.48. The first-order valence-electron chi connectivity index (χ1n) is 5.57. The smallest absolute Gasteiger partial charge is 0.326 e. The number of amides is 1. The van der Waals surface area contributed by atoms with Crippen molar-refractivity contribution in [3.8, 4) is 0 Å². The Morgan fingerprint density at radius 2 is 2.10 bits per heavy atom. The largest absolute Gasteiger partial charge is 0.480 e. The van der Waals surface area contributed by atoms with Crippen LogP contribution in [0.4, 0.5) is 5.69 Å². The second-order valence-electron chi connectivity index (χ2n) is 4.31. The fraction of sp³-hybridized carbons (Fsp3) is 0.364. The molecule has 8 nitrogen and oxygen atoms in total. The molecule has 0 aliphatic heterocycles. The third-order valence-electron chi connectivity index (χ3n) is 2.51. The number of nitrogens with zero attached hydrogens (tertiary/aromatic N) is 2. The van der Waals surface area contributed by atoms with Gasteiger partial charge in [0.05, 0.1) is 4.92 Å². The summed E-state index contributed by atoms with van der Waals surface area (Å²) in [5.74, 6) is -2.49. The van der Waals surface area contributed by atoms with E-state index in [2.05, 4.69) is 10.3 Å². The average Bonchev–Trinajstić information content (AvgIpc) is 2.34. The standard InChI is InChI=1S/C11H12ClN3O5/c1-5(2)9(11(17)18)14-10(16)6-3-8(12)13-4-7(6)15(19)20/h3-5,9H,1-2H3,(H,14,16)(H,17,18). The van der Waals surface area contributed by atoms with Crippen LogP contribution in [0.1, 0.15) is 24.2 Å². The third kappa shape index (κ3) is 3.64. The van der Waals surface area contributed by atoms with E-state index >= 15 is 0 Å². The van der Waals surface area contributed by atoms with Crippen LogP contribution in [0.5, 0.6) is 0 Å². The molecule has 1 atom stereocenters. The summed E-state index contributed by atoms with van der Waals surface area (Å²) >= 11 is 5.60. The number of aliphatic carboxylic acids is 1. The summed E-state index contributed by atoms with van der Waals surface area (Å²) in [6.07, 6.45) is 0.850. The number of carboxylic acid groups (broad SMARTS) is 1. The van der Waals surface area contributed by atoms with E-state index in [9.17, 15) is 19.7 Å². The van der Waals surface area contributed by atoms with Gasteiger partial charge in [0.2, 0.25) is 0 Å². The van der Waals surface area contributed by atoms with Crippen molar-refractivity contribution in [1.29, 1.82) is 0 Å². The van der Waals surface area contributed by atoms with Gasteiger partial charge in [0, 0.05) is 0 Å². The van der Waals surface area contributed by atoms with Crippen molar-refractivity contribution in [3.63, 3.8) is 0 Å². The van der Waals surface area contributed by atoms with Crippen molar-refractivity contribution in [2.45, 2.75) is 19.9 Å². The van der Waals surface area contributed by atoms with E-state index in [0.29, 0.717) is 0 Å². The Kier molecular flexibility index (Phi) is 4.98. The third-order valence-corrected chi connectivity index (χ3v) is 2.72. The number of carbonyl (C=O) groups excluding carboxylic acids is 1. The van der Waals surface area contributed by atoms with E-state index in [1.54, 1.807) is 13.8 Å². The zero-order chi connectivity index (χ0) is 15.4. The lowest BCUT2D eigenvalue weighted by atomic mass is 10.0. The molecule has 0 fully saturated rings. The maximum Gasteiger partial charge on any atom is 0.326 e. The van der Waals surface area contributed by atoms with E-state index in [1.165, 1.54) is 0 Å². The van der Waals surface area contributed by atoms with Gasteiger partial charge in [-0.3, -0.25) is 14.9 Å². The molecule has 0 bridgehead atoms. The highest BCUT2D eigenvalue weighted by Crippen LogP contribution is 2.20. The van der Waals surface area contributed by atoms with Crippen molar-refractivity contribution in [3.05, 3.63) is 33.1 Å². The van der Waals surface area contributed by atoms with Crippen molar-refractivity contribution in [2.75, 3.05) is 0 Å². The molecule has 2 N–H and O–H groups in total. The quantitative estimate of drug-likeness (QED) is 0.482. The molecule has 0 aliphatic rings. The minimum absolute atomic E-state index is 0.0998. The van der Waals surface area contributed by atoms with Gasteiger partial charge in [-0.25, -0.2) is 9.78 Å². The molecule has 0 aromatic carbocycles. The number of rotatable bonds is 5. The molecule has 1 amide bonds. The fourth-order valence-corrected chi connectivity index (χ4v) is 1.64. The molecule has 0 aliphatic carbocycles. The van der Waals surface area contributed by atoms with Crippen LogP contribution in [-0.2, 0) is 4.79 Å². The summed E-state index contributed by atoms with van der Waals surface area (Å²) < 4.78 is 0. The number of nitrogens with one attached hydrogen (secondary N) is 1. The van der Waals surface area contributed by atoms with E-state index in [1.807, 2.05) is 0 Å². The molecule has 20 heavy (non-hydrogen) atoms. The van der Waals surface area contributed by atoms with Crippen LogP contribution in [0, 0.1) is 16.0 Å². The highest BCUT2D eigenvalue weighted by Gasteiger charge is 2.28. The lowest BCUT2D eigenvalue weighted by Gasteiger charge is -2.17. The van der Waals surface area contributed by atoms with E-state index in [0.717, 1.165) is 12.3 Å². The van der Waals surface area contributed by atoms with Crippen LogP contribution in [0.25, 0.3) is 0 Å². The van der Waals surface area contributed by atoms with Gasteiger partial charge < -0.3 is 10.4 Å². The van der Waals surface area contributed by atoms with Gasteiger partial charge in [-0.2, -0.15) is 0 Å². The summed E-state index contributed by atoms with van der Waals surface area (Å²) in [5.41, 5.74) is -0.873. The van der Waals surface area contributed by atoms with Gasteiger partial charge in [0.1, 0.15) is 23.0 Å². The summed E-state index contributed by atoms with van der Waals surface area (Å²) in [5, 5.41) is 21.9. The Balaban J connectivity index is 3.11. The molecule has 9 heteroatoms. The van der Waals surface area contributed by atoms with E-state index in [-0.39, 0.29) is 16.6 Å². The van der Waals surface area contributed by atoms with Crippen LogP contribution >= 0.6 is 11.6 Å². The second kappa shape index (κ2) is 6.29. The van der Waals surface area contributed by atoms with Crippen LogP contribution < -0.4 is 5.32 Å². The average molecular weight is 302 g/mol. The number of nitro groups is 1. The van der Waals surface area contributed by atoms with Gasteiger partial charge in [-0.1, -0.05) is 25.4 Å². The first-order chi connectivity index (χ1) is 9.23. The Morgan fingerprint density at radius 3 is 2.55 bits per heavy atom. The zero-order valence-corrected chi connectivity index (χ0v) is 11.4. The zero-order valence-electron chi connectivity index (χ0n) is 10.7. The monoisotopic (exact) mass is 301 g/mol. The molecular weight excluding hydrogens is 290 g/mol. The molecule has 0 saturated carbocycles. The molecule has 1 unspecified atom stereocenters. The first-order valence-corrected chi connectivity index (χ1v) is 5.95. The Morgan fingerprint density at radius 1 is 1.50 bits per heavy atom. The number of carbonyl (C=O) groups is 2. The minimum atomic E-state index is -1.23. The number of hydrogen-bond donors (Lipinski definition) is 2. The van der Waals surface area contributed by atoms with Crippen LogP contribution in [0.15, 0.2) is 12.3 Å². The number of hydrogen-bond acceptors (Lipinski definition) is 5. The lowest BCUT2D eigenvalue weighted by molar-refractivity contribution is -0.385. The second-order valence-corrected chi connectivity index (χ2v) is 4.70. The normalized spacial score (nSPS) is 12.0. The maximum absolute atomic E-state index is 12.0. The summed E-state index contributed by atoms with van der Waals surface area (Å²) in [6, 6.07) is -0.136. The molecule has 0 radical (unpaired) electrons. The molecule has 1 heterocycles. The van der Waals surface area contributed by atoms with Crippen LogP contribution in [0.3, 0.4) is 0 Å². The van der Waals surface area contributed by atoms with Crippen LogP contribution in [0.2, 0.25) is 5.15 Å². The highest BCUT2D eigenvalue weighted by molar-refractivity contribution is 6.29. The van der Waals surface area contributed by atoms with Gasteiger partial charge in [-0.15, -0.1) is 0 Å². The minimum Gasteiger partial charge on any atom is -0.480 e. The lowest BCUT2D eigenvalue weighted by Crippen LogP contribution is -2.44. The van der Waals surface area contributed by atoms with Crippen molar-refractivity contribution in [1.82, 2.24) is 10.3 Å². The molecular formula is C11H12ClN3O5. The van der Waals surface area contributed by atoms with Gasteiger partial charge in [0.15, 0.2) is 0 Å². The molecule has 1 aromatic rings. The Bertz CT molecular complexity index is 561. The van der Waals surface area contributed by atoms with Gasteiger partial charge >= 0.3 is 5.97 Å². The number of aromatic nitrogens is 1. The SMILES string of the molecule is CC(C)C(NC(=O)c1cc(Cl)ncc1[N+](=O)[O-])C(=O)O. The van der Waals surface area contributed by atoms with E-state index in [4.69, 9.17) is 16.7 Å². The number of halogens is 1. The van der Waals surface area contributed by atoms with Gasteiger partial charge in [0.25, 0.3) is 11.6 Å².